The highest BCUT2D eigenvalue weighted by Gasteiger charge is 2.20. The Morgan fingerprint density at radius 2 is 2.22 bits per heavy atom. The van der Waals surface area contributed by atoms with Crippen LogP contribution >= 0.6 is 0 Å². The van der Waals surface area contributed by atoms with Gasteiger partial charge in [-0.25, -0.2) is 8.42 Å². The highest BCUT2D eigenvalue weighted by Crippen LogP contribution is 2.30. The molecule has 0 spiro atoms. The number of nitriles is 1. The van der Waals surface area contributed by atoms with Crippen molar-refractivity contribution in [2.45, 2.75) is 31.1 Å². The first-order chi connectivity index (χ1) is 10.8. The lowest BCUT2D eigenvalue weighted by molar-refractivity contribution is -0.115. The van der Waals surface area contributed by atoms with Gasteiger partial charge in [-0.3, -0.25) is 4.79 Å². The number of hydrogen-bond donors (Lipinski definition) is 1. The number of nitrogens with zero attached hydrogens (tertiary/aromatic N) is 2. The van der Waals surface area contributed by atoms with E-state index in [1.165, 1.54) is 12.5 Å². The zero-order chi connectivity index (χ0) is 17.0. The fourth-order valence-corrected chi connectivity index (χ4v) is 3.65. The second-order valence-electron chi connectivity index (χ2n) is 6.03. The number of benzene rings is 1. The van der Waals surface area contributed by atoms with Gasteiger partial charge in [0.1, 0.15) is 6.42 Å². The Kier molecular flexibility index (Phi) is 5.26. The van der Waals surface area contributed by atoms with Crippen molar-refractivity contribution in [3.8, 4) is 6.07 Å². The minimum atomic E-state index is -3.47. The molecule has 1 amide bonds. The number of hydrogen-bond acceptors (Lipinski definition) is 5. The third-order valence-electron chi connectivity index (χ3n) is 3.90. The summed E-state index contributed by atoms with van der Waals surface area (Å²) in [7, 11) is -3.47. The average Bonchev–Trinajstić information content (AvgIpc) is 2.46. The van der Waals surface area contributed by atoms with E-state index in [1.807, 2.05) is 0 Å². The van der Waals surface area contributed by atoms with E-state index < -0.39 is 15.7 Å². The van der Waals surface area contributed by atoms with Crippen molar-refractivity contribution in [1.29, 1.82) is 5.26 Å². The third kappa shape index (κ3) is 4.45. The molecule has 0 bridgehead atoms. The predicted molar refractivity (Wildman–Crippen MR) is 89.0 cm³/mol. The van der Waals surface area contributed by atoms with Gasteiger partial charge in [-0.15, -0.1) is 0 Å². The first-order valence-corrected chi connectivity index (χ1v) is 9.46. The molecular weight excluding hydrogens is 314 g/mol. The minimum absolute atomic E-state index is 0.0672. The van der Waals surface area contributed by atoms with Crippen molar-refractivity contribution in [3.63, 3.8) is 0 Å². The highest BCUT2D eigenvalue weighted by atomic mass is 32.2. The third-order valence-corrected chi connectivity index (χ3v) is 5.05. The Hall–Kier alpha value is -2.07. The molecule has 1 fully saturated rings. The van der Waals surface area contributed by atoms with Crippen molar-refractivity contribution in [3.05, 3.63) is 18.2 Å². The minimum Gasteiger partial charge on any atom is -0.371 e. The number of sulfone groups is 1. The van der Waals surface area contributed by atoms with E-state index in [0.29, 0.717) is 5.92 Å². The number of rotatable bonds is 4. The molecule has 2 rings (SSSR count). The van der Waals surface area contributed by atoms with Crippen LogP contribution in [0.4, 0.5) is 11.4 Å². The maximum Gasteiger partial charge on any atom is 0.238 e. The zero-order valence-corrected chi connectivity index (χ0v) is 14.2. The fraction of sp³-hybridized carbons (Fsp3) is 0.500. The summed E-state index contributed by atoms with van der Waals surface area (Å²) in [6, 6.07) is 6.73. The van der Waals surface area contributed by atoms with Crippen LogP contribution in [-0.4, -0.2) is 33.7 Å². The molecule has 1 aromatic carbocycles. The van der Waals surface area contributed by atoms with E-state index in [0.717, 1.165) is 31.5 Å². The van der Waals surface area contributed by atoms with Crippen molar-refractivity contribution in [1.82, 2.24) is 0 Å². The molecule has 0 aromatic heterocycles. The van der Waals surface area contributed by atoms with Gasteiger partial charge in [-0.2, -0.15) is 5.26 Å². The molecule has 0 aliphatic carbocycles. The van der Waals surface area contributed by atoms with Crippen LogP contribution in [0, 0.1) is 17.2 Å². The van der Waals surface area contributed by atoms with E-state index >= 15 is 0 Å². The summed E-state index contributed by atoms with van der Waals surface area (Å²) in [5, 5.41) is 11.1. The lowest BCUT2D eigenvalue weighted by atomic mass is 10.00. The Bertz CT molecular complexity index is 737. The van der Waals surface area contributed by atoms with E-state index in [1.54, 1.807) is 18.2 Å². The Morgan fingerprint density at radius 1 is 1.48 bits per heavy atom. The largest absolute Gasteiger partial charge is 0.371 e. The van der Waals surface area contributed by atoms with E-state index in [4.69, 9.17) is 5.26 Å². The molecule has 1 aromatic rings. The van der Waals surface area contributed by atoms with Gasteiger partial charge in [0.25, 0.3) is 0 Å². The number of amides is 1. The Morgan fingerprint density at radius 3 is 2.83 bits per heavy atom. The Labute approximate surface area is 137 Å². The summed E-state index contributed by atoms with van der Waals surface area (Å²) >= 11 is 0. The van der Waals surface area contributed by atoms with Crippen molar-refractivity contribution < 1.29 is 13.2 Å². The van der Waals surface area contributed by atoms with Crippen molar-refractivity contribution >= 4 is 27.1 Å². The molecule has 1 heterocycles. The molecule has 6 nitrogen and oxygen atoms in total. The molecule has 0 saturated carbocycles. The predicted octanol–water partition coefficient (Wildman–Crippen LogP) is 2.18. The zero-order valence-electron chi connectivity index (χ0n) is 13.4. The summed E-state index contributed by atoms with van der Waals surface area (Å²) in [5.41, 5.74) is 1.12. The molecular formula is C16H21N3O3S. The second kappa shape index (κ2) is 7.01. The molecule has 0 radical (unpaired) electrons. The van der Waals surface area contributed by atoms with Gasteiger partial charge in [-0.05, 0) is 37.0 Å². The lowest BCUT2D eigenvalue weighted by Crippen LogP contribution is -2.34. The average molecular weight is 335 g/mol. The van der Waals surface area contributed by atoms with Crippen molar-refractivity contribution in [2.24, 2.45) is 5.92 Å². The molecule has 124 valence electrons. The molecule has 23 heavy (non-hydrogen) atoms. The topological polar surface area (TPSA) is 90.3 Å². The van der Waals surface area contributed by atoms with Gasteiger partial charge in [-0.1, -0.05) is 6.92 Å². The number of piperidine rings is 1. The summed E-state index contributed by atoms with van der Waals surface area (Å²) in [6.07, 6.45) is 3.06. The lowest BCUT2D eigenvalue weighted by Gasteiger charge is -2.33. The van der Waals surface area contributed by atoms with E-state index in [9.17, 15) is 13.2 Å². The number of nitrogens with one attached hydrogen (secondary N) is 1. The molecule has 7 heteroatoms. The van der Waals surface area contributed by atoms with Crippen LogP contribution in [0.25, 0.3) is 0 Å². The maximum absolute atomic E-state index is 11.9. The highest BCUT2D eigenvalue weighted by molar-refractivity contribution is 7.90. The summed E-state index contributed by atoms with van der Waals surface area (Å²) < 4.78 is 23.8. The monoisotopic (exact) mass is 335 g/mol. The quantitative estimate of drug-likeness (QED) is 0.911. The standard InChI is InChI=1S/C16H21N3O3S/c1-12-4-3-9-19(11-12)13-5-6-15(23(2,21)22)14(10-13)18-16(20)7-8-17/h5-6,10,12H,3-4,7,9,11H2,1-2H3,(H,18,20). The van der Waals surface area contributed by atoms with Gasteiger partial charge < -0.3 is 10.2 Å². The summed E-state index contributed by atoms with van der Waals surface area (Å²) in [4.78, 5) is 14.0. The van der Waals surface area contributed by atoms with Crippen molar-refractivity contribution in [2.75, 3.05) is 29.6 Å². The van der Waals surface area contributed by atoms with Crippen LogP contribution in [0.3, 0.4) is 0 Å². The smallest absolute Gasteiger partial charge is 0.238 e. The number of carbonyl (C=O) groups excluding carboxylic acids is 1. The van der Waals surface area contributed by atoms with Gasteiger partial charge in [0.2, 0.25) is 5.91 Å². The number of anilines is 2. The first kappa shape index (κ1) is 17.3. The van der Waals surface area contributed by atoms with Crippen LogP contribution in [-0.2, 0) is 14.6 Å². The van der Waals surface area contributed by atoms with Gasteiger partial charge in [0.15, 0.2) is 9.84 Å². The van der Waals surface area contributed by atoms with Gasteiger partial charge in [0, 0.05) is 25.0 Å². The Balaban J connectivity index is 2.36. The van der Waals surface area contributed by atoms with Crippen LogP contribution in [0.15, 0.2) is 23.1 Å². The SMILES string of the molecule is CC1CCCN(c2ccc(S(C)(=O)=O)c(NC(=O)CC#N)c2)C1. The van der Waals surface area contributed by atoms with Gasteiger partial charge in [0.05, 0.1) is 16.7 Å². The maximum atomic E-state index is 11.9. The van der Waals surface area contributed by atoms with Gasteiger partial charge >= 0.3 is 0 Å². The molecule has 1 N–H and O–H groups in total. The van der Waals surface area contributed by atoms with E-state index in [-0.39, 0.29) is 17.0 Å². The van der Waals surface area contributed by atoms with Crippen LogP contribution in [0.5, 0.6) is 0 Å². The molecule has 1 unspecified atom stereocenters. The molecule has 1 aliphatic heterocycles. The number of carbonyl (C=O) groups is 1. The molecule has 1 atom stereocenters. The van der Waals surface area contributed by atoms with Crippen LogP contribution in [0.2, 0.25) is 0 Å². The molecule has 1 saturated heterocycles. The normalized spacial score (nSPS) is 18.3. The summed E-state index contributed by atoms with van der Waals surface area (Å²) in [6.45, 7) is 4.00. The first-order valence-electron chi connectivity index (χ1n) is 7.57. The van der Waals surface area contributed by atoms with Crippen LogP contribution in [0.1, 0.15) is 26.2 Å². The van der Waals surface area contributed by atoms with Crippen LogP contribution < -0.4 is 10.2 Å². The molecule has 1 aliphatic rings. The van der Waals surface area contributed by atoms with E-state index in [2.05, 4.69) is 17.1 Å². The fourth-order valence-electron chi connectivity index (χ4n) is 2.83. The second-order valence-corrected chi connectivity index (χ2v) is 8.01. The summed E-state index contributed by atoms with van der Waals surface area (Å²) in [5.74, 6) is 0.0662.